The zero-order chi connectivity index (χ0) is 8.83. The Balaban J connectivity index is -0.0000000750. The number of hydrogen-bond acceptors (Lipinski definition) is 0. The third-order valence-electron chi connectivity index (χ3n) is 0.500. The van der Waals surface area contributed by atoms with E-state index >= 15 is 0 Å². The average Bonchev–Trinajstić information content (AvgIpc) is 1.91. The monoisotopic (exact) mass is 278 g/mol. The Morgan fingerprint density at radius 3 is 0.900 bits per heavy atom. The molecule has 58 valence electrons. The molecular formula is C4H10Ca2Cl4. The second-order valence-corrected chi connectivity index (χ2v) is 8.50. The summed E-state index contributed by atoms with van der Waals surface area (Å²) in [6.45, 7) is 4.36. The van der Waals surface area contributed by atoms with Crippen LogP contribution >= 0.6 is 25.6 Å². The minimum absolute atomic E-state index is 0.931. The van der Waals surface area contributed by atoms with Crippen LogP contribution in [0.2, 0.25) is 0 Å². The summed E-state index contributed by atoms with van der Waals surface area (Å²) < 4.78 is 0. The summed E-state index contributed by atoms with van der Waals surface area (Å²) in [5.41, 5.74) is 0. The van der Waals surface area contributed by atoms with Crippen LogP contribution in [0.5, 0.6) is 0 Å². The summed E-state index contributed by atoms with van der Waals surface area (Å²) >= 11 is -1.86. The van der Waals surface area contributed by atoms with Crippen LogP contribution in [0.4, 0.5) is 0 Å². The van der Waals surface area contributed by atoms with Gasteiger partial charge in [0, 0.05) is 0 Å². The first-order chi connectivity index (χ1) is 4.74. The predicted octanol–water partition coefficient (Wildman–Crippen LogP) is 3.80. The Morgan fingerprint density at radius 2 is 0.900 bits per heavy atom. The number of hydrogen-bond donors (Lipinski definition) is 0. The van der Waals surface area contributed by atoms with Gasteiger partial charge in [-0.1, -0.05) is 26.7 Å². The fraction of sp³-hybridized carbons (Fsp3) is 1.00. The summed E-state index contributed by atoms with van der Waals surface area (Å²) in [5.74, 6) is 0. The standard InChI is InChI=1S/C4H10.2Ca.4ClH/c1-3-4-2;;;;;;/h3-4H2,1-2H3;;;4*1H/q;2*+2;;;;/p-4. The Kier molecular flexibility index (Phi) is 56.6. The second kappa shape index (κ2) is 29.3. The van der Waals surface area contributed by atoms with E-state index in [2.05, 4.69) is 13.8 Å². The van der Waals surface area contributed by atoms with Crippen LogP contribution in [-0.2, 0) is 0 Å². The molecule has 0 heterocycles. The number of halogens is 4. The first-order valence-electron chi connectivity index (χ1n) is 2.98. The molecule has 0 aromatic rings. The van der Waals surface area contributed by atoms with Crippen molar-refractivity contribution in [3.05, 3.63) is 0 Å². The molecule has 0 aromatic carbocycles. The Labute approximate surface area is 111 Å². The van der Waals surface area contributed by atoms with Gasteiger partial charge in [-0.15, -0.1) is 0 Å². The van der Waals surface area contributed by atoms with Crippen LogP contribution in [-0.4, -0.2) is 61.7 Å². The quantitative estimate of drug-likeness (QED) is 0.641. The molecule has 0 aliphatic rings. The Hall–Kier alpha value is 3.68. The molecule has 0 bridgehead atoms. The molecule has 0 unspecified atom stereocenters. The molecule has 0 saturated carbocycles. The van der Waals surface area contributed by atoms with Crippen molar-refractivity contribution >= 4 is 87.2 Å². The molecule has 0 aliphatic heterocycles. The van der Waals surface area contributed by atoms with Crippen molar-refractivity contribution in [2.45, 2.75) is 26.7 Å². The number of unbranched alkanes of at least 4 members (excludes halogenated alkanes) is 1. The summed E-state index contributed by atoms with van der Waals surface area (Å²) in [5, 5.41) is 0. The summed E-state index contributed by atoms with van der Waals surface area (Å²) in [6, 6.07) is 0. The van der Waals surface area contributed by atoms with E-state index in [1.807, 2.05) is 0 Å². The van der Waals surface area contributed by atoms with E-state index in [0.717, 1.165) is 0 Å². The third-order valence-corrected chi connectivity index (χ3v) is 0.500. The van der Waals surface area contributed by atoms with Crippen molar-refractivity contribution in [2.24, 2.45) is 0 Å². The number of rotatable bonds is 1. The molecule has 0 fully saturated rings. The van der Waals surface area contributed by atoms with Crippen LogP contribution in [0, 0.1) is 0 Å². The molecule has 0 N–H and O–H groups in total. The van der Waals surface area contributed by atoms with E-state index in [1.54, 1.807) is 0 Å². The molecule has 0 aliphatic carbocycles. The fourth-order valence-corrected chi connectivity index (χ4v) is 0. The molecule has 0 atom stereocenters. The van der Waals surface area contributed by atoms with Crippen molar-refractivity contribution in [3.63, 3.8) is 0 Å². The van der Waals surface area contributed by atoms with Gasteiger partial charge in [-0.3, -0.25) is 0 Å². The van der Waals surface area contributed by atoms with Crippen molar-refractivity contribution < 1.29 is 0 Å². The first kappa shape index (κ1) is 19.3. The summed E-state index contributed by atoms with van der Waals surface area (Å²) in [4.78, 5) is 0. The molecule has 0 radical (unpaired) electrons. The molecule has 0 spiro atoms. The molecule has 0 saturated heterocycles. The molecule has 10 heavy (non-hydrogen) atoms. The van der Waals surface area contributed by atoms with Gasteiger partial charge in [0.25, 0.3) is 0 Å². The van der Waals surface area contributed by atoms with Crippen LogP contribution < -0.4 is 0 Å². The first-order valence-corrected chi connectivity index (χ1v) is 15.1. The molecular weight excluding hydrogens is 270 g/mol. The molecule has 0 nitrogen and oxygen atoms in total. The summed E-state index contributed by atoms with van der Waals surface area (Å²) in [6.07, 6.45) is 22.4. The van der Waals surface area contributed by atoms with Gasteiger partial charge in [-0.2, -0.15) is 0 Å². The normalized spacial score (nSPS) is 5.00. The average molecular weight is 280 g/mol. The van der Waals surface area contributed by atoms with Gasteiger partial charge in [-0.25, -0.2) is 0 Å². The Morgan fingerprint density at radius 1 is 0.800 bits per heavy atom. The van der Waals surface area contributed by atoms with E-state index in [0.29, 0.717) is 0 Å². The maximum atomic E-state index is 4.95. The molecule has 0 aromatic heterocycles. The van der Waals surface area contributed by atoms with E-state index in [9.17, 15) is 0 Å². The van der Waals surface area contributed by atoms with E-state index in [-0.39, 0.29) is 0 Å². The molecule has 0 amide bonds. The SMILES string of the molecule is CCCC.[Cl][Ca][Cl].[Cl][Ca][Cl]. The minimum atomic E-state index is -0.931. The van der Waals surface area contributed by atoms with Gasteiger partial charge in [0.15, 0.2) is 0 Å². The van der Waals surface area contributed by atoms with Crippen molar-refractivity contribution in [1.82, 2.24) is 0 Å². The summed E-state index contributed by atoms with van der Waals surface area (Å²) in [7, 11) is 0. The topological polar surface area (TPSA) is 0 Å². The van der Waals surface area contributed by atoms with E-state index in [1.165, 1.54) is 12.8 Å². The van der Waals surface area contributed by atoms with Gasteiger partial charge < -0.3 is 0 Å². The van der Waals surface area contributed by atoms with E-state index in [4.69, 9.17) is 25.6 Å². The fourth-order valence-electron chi connectivity index (χ4n) is 0. The van der Waals surface area contributed by atoms with Crippen molar-refractivity contribution in [2.75, 3.05) is 0 Å². The van der Waals surface area contributed by atoms with Gasteiger partial charge >= 0.3 is 87.2 Å². The van der Waals surface area contributed by atoms with Gasteiger partial charge in [-0.05, 0) is 0 Å². The van der Waals surface area contributed by atoms with E-state index < -0.39 is 61.7 Å². The second-order valence-electron chi connectivity index (χ2n) is 1.20. The van der Waals surface area contributed by atoms with Crippen molar-refractivity contribution in [1.29, 1.82) is 0 Å². The van der Waals surface area contributed by atoms with Crippen LogP contribution in [0.15, 0.2) is 0 Å². The third kappa shape index (κ3) is 60.8. The van der Waals surface area contributed by atoms with Gasteiger partial charge in [0.1, 0.15) is 0 Å². The Bertz CT molecular complexity index is 27.2. The van der Waals surface area contributed by atoms with Crippen LogP contribution in [0.1, 0.15) is 26.7 Å². The van der Waals surface area contributed by atoms with Gasteiger partial charge in [0.2, 0.25) is 0 Å². The maximum absolute atomic E-state index is 4.95. The molecule has 0 rings (SSSR count). The predicted molar refractivity (Wildman–Crippen MR) is 55.5 cm³/mol. The van der Waals surface area contributed by atoms with Crippen LogP contribution in [0.3, 0.4) is 0 Å². The zero-order valence-electron chi connectivity index (χ0n) is 6.34. The van der Waals surface area contributed by atoms with Crippen LogP contribution in [0.25, 0.3) is 0 Å². The zero-order valence-corrected chi connectivity index (χ0v) is 13.8. The molecule has 6 heteroatoms. The van der Waals surface area contributed by atoms with Crippen molar-refractivity contribution in [3.8, 4) is 0 Å². The van der Waals surface area contributed by atoms with Gasteiger partial charge in [0.05, 0.1) is 0 Å².